The first-order valence-electron chi connectivity index (χ1n) is 5.64. The first kappa shape index (κ1) is 12.8. The summed E-state index contributed by atoms with van der Waals surface area (Å²) in [7, 11) is 1.66. The van der Waals surface area contributed by atoms with Gasteiger partial charge >= 0.3 is 5.97 Å². The summed E-state index contributed by atoms with van der Waals surface area (Å²) in [4.78, 5) is 31.1. The van der Waals surface area contributed by atoms with E-state index in [0.29, 0.717) is 12.1 Å². The number of aromatic nitrogens is 2. The Morgan fingerprint density at radius 3 is 2.84 bits per heavy atom. The van der Waals surface area contributed by atoms with E-state index in [1.165, 1.54) is 23.2 Å². The first-order valence-corrected chi connectivity index (χ1v) is 5.64. The molecule has 0 saturated heterocycles. The zero-order chi connectivity index (χ0) is 13.8. The van der Waals surface area contributed by atoms with Gasteiger partial charge in [0.05, 0.1) is 0 Å². The third-order valence-electron chi connectivity index (χ3n) is 2.65. The summed E-state index contributed by atoms with van der Waals surface area (Å²) < 4.78 is 0. The fourth-order valence-corrected chi connectivity index (χ4v) is 1.70. The van der Waals surface area contributed by atoms with Crippen LogP contribution in [-0.4, -0.2) is 38.9 Å². The summed E-state index contributed by atoms with van der Waals surface area (Å²) in [5.74, 6) is -1.39. The number of carbonyl (C=O) groups is 2. The van der Waals surface area contributed by atoms with Gasteiger partial charge in [-0.2, -0.15) is 0 Å². The van der Waals surface area contributed by atoms with Crippen molar-refractivity contribution in [2.24, 2.45) is 0 Å². The smallest absolute Gasteiger partial charge is 0.354 e. The zero-order valence-corrected chi connectivity index (χ0v) is 10.3. The molecular formula is C13H13N3O3. The van der Waals surface area contributed by atoms with E-state index in [-0.39, 0.29) is 11.6 Å². The summed E-state index contributed by atoms with van der Waals surface area (Å²) in [5.41, 5.74) is 1.15. The Hall–Kier alpha value is -2.63. The number of carbonyl (C=O) groups excluding carboxylic acids is 1. The normalized spacial score (nSPS) is 10.2. The minimum atomic E-state index is -1.15. The number of aromatic amines is 1. The molecule has 0 aliphatic heterocycles. The van der Waals surface area contributed by atoms with Gasteiger partial charge in [0.2, 0.25) is 0 Å². The van der Waals surface area contributed by atoms with Crippen LogP contribution in [0, 0.1) is 0 Å². The molecule has 2 aromatic rings. The van der Waals surface area contributed by atoms with Gasteiger partial charge in [0, 0.05) is 37.7 Å². The predicted octanol–water partition coefficient (Wildman–Crippen LogP) is 1.38. The molecule has 0 saturated carbocycles. The number of aromatic carboxylic acids is 1. The first-order chi connectivity index (χ1) is 9.08. The van der Waals surface area contributed by atoms with Crippen LogP contribution < -0.4 is 0 Å². The third-order valence-corrected chi connectivity index (χ3v) is 2.65. The van der Waals surface area contributed by atoms with Crippen LogP contribution in [0.25, 0.3) is 0 Å². The molecule has 0 radical (unpaired) electrons. The lowest BCUT2D eigenvalue weighted by Crippen LogP contribution is -2.26. The molecule has 0 fully saturated rings. The Morgan fingerprint density at radius 1 is 1.42 bits per heavy atom. The summed E-state index contributed by atoms with van der Waals surface area (Å²) in [6.45, 7) is 0.451. The molecule has 2 heterocycles. The van der Waals surface area contributed by atoms with Gasteiger partial charge in [0.1, 0.15) is 5.69 Å². The minimum absolute atomic E-state index is 0.138. The quantitative estimate of drug-likeness (QED) is 0.868. The second kappa shape index (κ2) is 5.34. The molecule has 6 heteroatoms. The minimum Gasteiger partial charge on any atom is -0.477 e. The Labute approximate surface area is 109 Å². The van der Waals surface area contributed by atoms with E-state index >= 15 is 0 Å². The van der Waals surface area contributed by atoms with Gasteiger partial charge < -0.3 is 15.0 Å². The number of rotatable bonds is 4. The molecule has 0 aliphatic rings. The molecule has 2 aromatic heterocycles. The molecule has 0 aliphatic carbocycles. The maximum absolute atomic E-state index is 12.1. The number of nitrogens with one attached hydrogen (secondary N) is 1. The van der Waals surface area contributed by atoms with Crippen molar-refractivity contribution in [1.29, 1.82) is 0 Å². The second-order valence-corrected chi connectivity index (χ2v) is 4.12. The molecule has 0 unspecified atom stereocenters. The average Bonchev–Trinajstić information content (AvgIpc) is 2.90. The highest BCUT2D eigenvalue weighted by molar-refractivity contribution is 5.96. The number of amides is 1. The van der Waals surface area contributed by atoms with E-state index < -0.39 is 5.97 Å². The summed E-state index contributed by atoms with van der Waals surface area (Å²) in [5, 5.41) is 8.85. The van der Waals surface area contributed by atoms with Crippen molar-refractivity contribution >= 4 is 11.9 Å². The largest absolute Gasteiger partial charge is 0.477 e. The molecule has 19 heavy (non-hydrogen) atoms. The van der Waals surface area contributed by atoms with Gasteiger partial charge in [-0.15, -0.1) is 0 Å². The number of hydrogen-bond acceptors (Lipinski definition) is 3. The highest BCUT2D eigenvalue weighted by Gasteiger charge is 2.14. The number of carboxylic acid groups (broad SMARTS) is 1. The molecule has 6 nitrogen and oxygen atoms in total. The molecule has 0 bridgehead atoms. The lowest BCUT2D eigenvalue weighted by atomic mass is 10.2. The van der Waals surface area contributed by atoms with Crippen LogP contribution in [0.1, 0.15) is 26.4 Å². The van der Waals surface area contributed by atoms with Crippen molar-refractivity contribution in [3.05, 3.63) is 53.6 Å². The Bertz CT molecular complexity index is 593. The molecular weight excluding hydrogens is 246 g/mol. The van der Waals surface area contributed by atoms with Crippen molar-refractivity contribution in [1.82, 2.24) is 14.9 Å². The molecule has 0 spiro atoms. The lowest BCUT2D eigenvalue weighted by molar-refractivity contribution is 0.0690. The van der Waals surface area contributed by atoms with Crippen molar-refractivity contribution in [3.8, 4) is 0 Å². The molecule has 2 rings (SSSR count). The Balaban J connectivity index is 2.14. The van der Waals surface area contributed by atoms with Crippen molar-refractivity contribution < 1.29 is 14.7 Å². The van der Waals surface area contributed by atoms with Gasteiger partial charge in [0.25, 0.3) is 5.91 Å². The van der Waals surface area contributed by atoms with Crippen LogP contribution in [0.3, 0.4) is 0 Å². The van der Waals surface area contributed by atoms with Crippen LogP contribution in [0.15, 0.2) is 36.8 Å². The highest BCUT2D eigenvalue weighted by atomic mass is 16.4. The summed E-state index contributed by atoms with van der Waals surface area (Å²) >= 11 is 0. The van der Waals surface area contributed by atoms with E-state index in [9.17, 15) is 9.59 Å². The topological polar surface area (TPSA) is 86.3 Å². The van der Waals surface area contributed by atoms with Gasteiger partial charge in [-0.05, 0) is 23.8 Å². The lowest BCUT2D eigenvalue weighted by Gasteiger charge is -2.16. The van der Waals surface area contributed by atoms with Crippen LogP contribution in [0.4, 0.5) is 0 Å². The fraction of sp³-hybridized carbons (Fsp3) is 0.154. The molecule has 0 aromatic carbocycles. The number of carboxylic acids is 1. The molecule has 0 atom stereocenters. The Kier molecular flexibility index (Phi) is 3.61. The van der Waals surface area contributed by atoms with Crippen LogP contribution in [0.2, 0.25) is 0 Å². The van der Waals surface area contributed by atoms with Crippen LogP contribution in [0.5, 0.6) is 0 Å². The SMILES string of the molecule is CN(Cc1cc[nH]c1)C(=O)c1ccnc(C(=O)O)c1. The number of nitrogens with zero attached hydrogens (tertiary/aromatic N) is 2. The maximum Gasteiger partial charge on any atom is 0.354 e. The number of pyridine rings is 1. The average molecular weight is 259 g/mol. The van der Waals surface area contributed by atoms with Crippen molar-refractivity contribution in [2.45, 2.75) is 6.54 Å². The standard InChI is InChI=1S/C13H13N3O3/c1-16(8-9-2-4-14-7-9)12(17)10-3-5-15-11(6-10)13(18)19/h2-7,14H,8H2,1H3,(H,18,19). The van der Waals surface area contributed by atoms with E-state index in [0.717, 1.165) is 5.56 Å². The van der Waals surface area contributed by atoms with Gasteiger partial charge in [0.15, 0.2) is 0 Å². The maximum atomic E-state index is 12.1. The van der Waals surface area contributed by atoms with Crippen LogP contribution >= 0.6 is 0 Å². The predicted molar refractivity (Wildman–Crippen MR) is 67.8 cm³/mol. The fourth-order valence-electron chi connectivity index (χ4n) is 1.70. The van der Waals surface area contributed by atoms with E-state index in [4.69, 9.17) is 5.11 Å². The monoisotopic (exact) mass is 259 g/mol. The zero-order valence-electron chi connectivity index (χ0n) is 10.3. The van der Waals surface area contributed by atoms with Crippen molar-refractivity contribution in [2.75, 3.05) is 7.05 Å². The van der Waals surface area contributed by atoms with Gasteiger partial charge in [-0.3, -0.25) is 4.79 Å². The summed E-state index contributed by atoms with van der Waals surface area (Å²) in [6.07, 6.45) is 4.91. The van der Waals surface area contributed by atoms with Crippen molar-refractivity contribution in [3.63, 3.8) is 0 Å². The number of H-pyrrole nitrogens is 1. The molecule has 2 N–H and O–H groups in total. The molecule has 98 valence electrons. The molecule has 1 amide bonds. The highest BCUT2D eigenvalue weighted by Crippen LogP contribution is 2.08. The number of hydrogen-bond donors (Lipinski definition) is 2. The van der Waals surface area contributed by atoms with E-state index in [1.807, 2.05) is 6.07 Å². The van der Waals surface area contributed by atoms with Crippen LogP contribution in [-0.2, 0) is 6.54 Å². The Morgan fingerprint density at radius 2 is 2.21 bits per heavy atom. The van der Waals surface area contributed by atoms with Gasteiger partial charge in [-0.1, -0.05) is 0 Å². The van der Waals surface area contributed by atoms with E-state index in [2.05, 4.69) is 9.97 Å². The third kappa shape index (κ3) is 2.98. The van der Waals surface area contributed by atoms with Gasteiger partial charge in [-0.25, -0.2) is 9.78 Å². The van der Waals surface area contributed by atoms with E-state index in [1.54, 1.807) is 19.4 Å². The summed E-state index contributed by atoms with van der Waals surface area (Å²) in [6, 6.07) is 4.65. The second-order valence-electron chi connectivity index (χ2n) is 4.12.